The maximum atomic E-state index is 9.28. The summed E-state index contributed by atoms with van der Waals surface area (Å²) >= 11 is 0. The van der Waals surface area contributed by atoms with E-state index in [2.05, 4.69) is 12.5 Å². The van der Waals surface area contributed by atoms with Gasteiger partial charge < -0.3 is 5.11 Å². The van der Waals surface area contributed by atoms with Crippen LogP contribution in [-0.4, -0.2) is 5.11 Å². The van der Waals surface area contributed by atoms with Crippen LogP contribution >= 0.6 is 0 Å². The minimum Gasteiger partial charge on any atom is -0.376 e. The highest BCUT2D eigenvalue weighted by atomic mass is 16.3. The standard InChI is InChI=1S/C11H10O/c1-3-9-6-5-7-10(8-9)11(12)4-2/h2-3,5-8,11-12H,1H2. The molecule has 1 heteroatoms. The van der Waals surface area contributed by atoms with E-state index in [1.54, 1.807) is 12.1 Å². The van der Waals surface area contributed by atoms with E-state index in [1.165, 1.54) is 0 Å². The van der Waals surface area contributed by atoms with Gasteiger partial charge in [-0.3, -0.25) is 0 Å². The molecule has 0 spiro atoms. The summed E-state index contributed by atoms with van der Waals surface area (Å²) in [6, 6.07) is 7.35. The Bertz CT molecular complexity index is 320. The fourth-order valence-corrected chi connectivity index (χ4v) is 0.952. The molecule has 1 nitrogen and oxygen atoms in total. The van der Waals surface area contributed by atoms with Gasteiger partial charge in [-0.15, -0.1) is 6.42 Å². The lowest BCUT2D eigenvalue weighted by molar-refractivity contribution is 0.238. The van der Waals surface area contributed by atoms with Gasteiger partial charge in [-0.05, 0) is 17.2 Å². The first kappa shape index (κ1) is 8.58. The van der Waals surface area contributed by atoms with Crippen LogP contribution in [0.5, 0.6) is 0 Å². The van der Waals surface area contributed by atoms with Crippen molar-refractivity contribution in [2.24, 2.45) is 0 Å². The second kappa shape index (κ2) is 3.75. The lowest BCUT2D eigenvalue weighted by atomic mass is 10.1. The van der Waals surface area contributed by atoms with Crippen LogP contribution in [0, 0.1) is 12.3 Å². The number of hydrogen-bond donors (Lipinski definition) is 1. The van der Waals surface area contributed by atoms with Gasteiger partial charge in [0.15, 0.2) is 0 Å². The molecule has 0 amide bonds. The molecule has 0 aliphatic heterocycles. The summed E-state index contributed by atoms with van der Waals surface area (Å²) in [5.74, 6) is 2.25. The van der Waals surface area contributed by atoms with E-state index >= 15 is 0 Å². The van der Waals surface area contributed by atoms with E-state index in [0.29, 0.717) is 0 Å². The van der Waals surface area contributed by atoms with Crippen LogP contribution in [0.1, 0.15) is 17.2 Å². The zero-order valence-corrected chi connectivity index (χ0v) is 6.70. The second-order valence-electron chi connectivity index (χ2n) is 2.44. The Morgan fingerprint density at radius 2 is 2.33 bits per heavy atom. The summed E-state index contributed by atoms with van der Waals surface area (Å²) in [4.78, 5) is 0. The Balaban J connectivity index is 3.03. The molecule has 1 aromatic rings. The molecule has 0 radical (unpaired) electrons. The van der Waals surface area contributed by atoms with Gasteiger partial charge >= 0.3 is 0 Å². The van der Waals surface area contributed by atoms with Gasteiger partial charge in [0.1, 0.15) is 6.10 Å². The molecule has 0 saturated carbocycles. The normalized spacial score (nSPS) is 11.7. The first-order chi connectivity index (χ1) is 5.77. The van der Waals surface area contributed by atoms with Crippen molar-refractivity contribution in [3.63, 3.8) is 0 Å². The second-order valence-corrected chi connectivity index (χ2v) is 2.44. The zero-order valence-electron chi connectivity index (χ0n) is 6.70. The monoisotopic (exact) mass is 158 g/mol. The Morgan fingerprint density at radius 1 is 1.58 bits per heavy atom. The number of benzene rings is 1. The number of rotatable bonds is 2. The number of terminal acetylenes is 1. The van der Waals surface area contributed by atoms with Crippen LogP contribution < -0.4 is 0 Å². The van der Waals surface area contributed by atoms with Crippen molar-refractivity contribution < 1.29 is 5.11 Å². The van der Waals surface area contributed by atoms with Crippen molar-refractivity contribution in [2.45, 2.75) is 6.10 Å². The SMILES string of the molecule is C#CC(O)c1cccc(C=C)c1. The highest BCUT2D eigenvalue weighted by molar-refractivity contribution is 5.48. The summed E-state index contributed by atoms with van der Waals surface area (Å²) in [5, 5.41) is 9.28. The van der Waals surface area contributed by atoms with E-state index in [9.17, 15) is 5.11 Å². The molecule has 1 aromatic carbocycles. The van der Waals surface area contributed by atoms with Gasteiger partial charge in [-0.1, -0.05) is 36.8 Å². The first-order valence-corrected chi connectivity index (χ1v) is 3.64. The largest absolute Gasteiger partial charge is 0.376 e. The third-order valence-corrected chi connectivity index (χ3v) is 1.62. The van der Waals surface area contributed by atoms with Gasteiger partial charge in [0, 0.05) is 0 Å². The third kappa shape index (κ3) is 1.75. The quantitative estimate of drug-likeness (QED) is 0.652. The van der Waals surface area contributed by atoms with Crippen LogP contribution in [0.25, 0.3) is 6.08 Å². The van der Waals surface area contributed by atoms with Crippen molar-refractivity contribution in [2.75, 3.05) is 0 Å². The van der Waals surface area contributed by atoms with E-state index in [0.717, 1.165) is 11.1 Å². The number of hydrogen-bond acceptors (Lipinski definition) is 1. The molecule has 0 saturated heterocycles. The van der Waals surface area contributed by atoms with Crippen molar-refractivity contribution >= 4 is 6.08 Å². The van der Waals surface area contributed by atoms with Gasteiger partial charge in [0.05, 0.1) is 0 Å². The summed E-state index contributed by atoms with van der Waals surface area (Å²) in [6.45, 7) is 3.62. The summed E-state index contributed by atoms with van der Waals surface area (Å²) in [6.07, 6.45) is 5.97. The van der Waals surface area contributed by atoms with Crippen LogP contribution in [0.2, 0.25) is 0 Å². The molecule has 60 valence electrons. The molecule has 1 unspecified atom stereocenters. The molecule has 1 N–H and O–H groups in total. The van der Waals surface area contributed by atoms with Gasteiger partial charge in [-0.25, -0.2) is 0 Å². The molecule has 0 aliphatic carbocycles. The molecule has 0 fully saturated rings. The van der Waals surface area contributed by atoms with Crippen molar-refractivity contribution in [3.8, 4) is 12.3 Å². The summed E-state index contributed by atoms with van der Waals surface area (Å²) < 4.78 is 0. The summed E-state index contributed by atoms with van der Waals surface area (Å²) in [7, 11) is 0. The predicted molar refractivity (Wildman–Crippen MR) is 50.3 cm³/mol. The Kier molecular flexibility index (Phi) is 2.68. The van der Waals surface area contributed by atoms with Crippen LogP contribution in [-0.2, 0) is 0 Å². The highest BCUT2D eigenvalue weighted by Crippen LogP contribution is 2.13. The van der Waals surface area contributed by atoms with E-state index in [1.807, 2.05) is 18.2 Å². The highest BCUT2D eigenvalue weighted by Gasteiger charge is 2.01. The third-order valence-electron chi connectivity index (χ3n) is 1.62. The molecule has 0 aromatic heterocycles. The van der Waals surface area contributed by atoms with Crippen LogP contribution in [0.4, 0.5) is 0 Å². The predicted octanol–water partition coefficient (Wildman–Crippen LogP) is 2.00. The molecule has 1 rings (SSSR count). The minimum atomic E-state index is -0.815. The Morgan fingerprint density at radius 3 is 2.92 bits per heavy atom. The van der Waals surface area contributed by atoms with Crippen LogP contribution in [0.15, 0.2) is 30.8 Å². The number of aliphatic hydroxyl groups excluding tert-OH is 1. The van der Waals surface area contributed by atoms with Gasteiger partial charge in [-0.2, -0.15) is 0 Å². The lowest BCUT2D eigenvalue weighted by Crippen LogP contribution is -1.92. The molecular weight excluding hydrogens is 148 g/mol. The fourth-order valence-electron chi connectivity index (χ4n) is 0.952. The van der Waals surface area contributed by atoms with Crippen molar-refractivity contribution in [3.05, 3.63) is 42.0 Å². The van der Waals surface area contributed by atoms with Crippen LogP contribution in [0.3, 0.4) is 0 Å². The zero-order chi connectivity index (χ0) is 8.97. The maximum absolute atomic E-state index is 9.28. The molecule has 0 aliphatic rings. The molecule has 12 heavy (non-hydrogen) atoms. The maximum Gasteiger partial charge on any atom is 0.140 e. The fraction of sp³-hybridized carbons (Fsp3) is 0.0909. The summed E-state index contributed by atoms with van der Waals surface area (Å²) in [5.41, 5.74) is 1.69. The molecule has 1 atom stereocenters. The average molecular weight is 158 g/mol. The molecule has 0 bridgehead atoms. The smallest absolute Gasteiger partial charge is 0.140 e. The van der Waals surface area contributed by atoms with E-state index < -0.39 is 6.10 Å². The Labute approximate surface area is 72.4 Å². The minimum absolute atomic E-state index is 0.731. The van der Waals surface area contributed by atoms with E-state index in [4.69, 9.17) is 6.42 Å². The van der Waals surface area contributed by atoms with Gasteiger partial charge in [0.2, 0.25) is 0 Å². The topological polar surface area (TPSA) is 20.2 Å². The number of aliphatic hydroxyl groups is 1. The van der Waals surface area contributed by atoms with E-state index in [-0.39, 0.29) is 0 Å². The van der Waals surface area contributed by atoms with Crippen molar-refractivity contribution in [1.82, 2.24) is 0 Å². The molecular formula is C11H10O. The first-order valence-electron chi connectivity index (χ1n) is 3.64. The van der Waals surface area contributed by atoms with Gasteiger partial charge in [0.25, 0.3) is 0 Å². The van der Waals surface area contributed by atoms with Crippen molar-refractivity contribution in [1.29, 1.82) is 0 Å². The average Bonchev–Trinajstić information content (AvgIpc) is 2.17. The molecule has 0 heterocycles. The Hall–Kier alpha value is -1.52. The lowest BCUT2D eigenvalue weighted by Gasteiger charge is -2.03.